The van der Waals surface area contributed by atoms with Gasteiger partial charge in [0.1, 0.15) is 11.3 Å². The fourth-order valence-corrected chi connectivity index (χ4v) is 3.96. The lowest BCUT2D eigenvalue weighted by atomic mass is 9.98. The van der Waals surface area contributed by atoms with Crippen molar-refractivity contribution in [3.8, 4) is 5.75 Å². The molecule has 0 saturated heterocycles. The molecule has 0 spiro atoms. The van der Waals surface area contributed by atoms with Crippen LogP contribution >= 0.6 is 11.6 Å². The Kier molecular flexibility index (Phi) is 5.02. The number of carbonyl (C=O) groups excluding carboxylic acids is 2. The Hall–Kier alpha value is -4.24. The number of fused-ring (bicyclic) bond motifs is 2. The Labute approximate surface area is 191 Å². The molecule has 1 atom stereocenters. The molecule has 0 bridgehead atoms. The average molecular weight is 463 g/mol. The Morgan fingerprint density at radius 2 is 1.85 bits per heavy atom. The maximum atomic E-state index is 13.5. The summed E-state index contributed by atoms with van der Waals surface area (Å²) in [5.41, 5.74) is 5.75. The number of anilines is 1. The lowest BCUT2D eigenvalue weighted by Crippen LogP contribution is -2.31. The number of carbonyl (C=O) groups is 2. The summed E-state index contributed by atoms with van der Waals surface area (Å²) in [7, 11) is 0. The Morgan fingerprint density at radius 3 is 2.55 bits per heavy atom. The first kappa shape index (κ1) is 20.7. The van der Waals surface area contributed by atoms with E-state index in [0.717, 1.165) is 0 Å². The molecule has 1 aliphatic rings. The van der Waals surface area contributed by atoms with Crippen molar-refractivity contribution in [2.45, 2.75) is 6.04 Å². The van der Waals surface area contributed by atoms with E-state index in [0.29, 0.717) is 16.3 Å². The zero-order chi connectivity index (χ0) is 23.1. The number of rotatable bonds is 5. The molecule has 1 unspecified atom stereocenters. The van der Waals surface area contributed by atoms with Gasteiger partial charge in [0.05, 0.1) is 17.0 Å². The molecule has 2 N–H and O–H groups in total. The second-order valence-electron chi connectivity index (χ2n) is 7.26. The van der Waals surface area contributed by atoms with E-state index in [9.17, 15) is 14.4 Å². The summed E-state index contributed by atoms with van der Waals surface area (Å²) in [6.45, 7) is -0.273. The number of nitrogens with zero attached hydrogens (tertiary/aromatic N) is 3. The zero-order valence-electron chi connectivity index (χ0n) is 16.9. The highest BCUT2D eigenvalue weighted by molar-refractivity contribution is 6.31. The van der Waals surface area contributed by atoms with Gasteiger partial charge in [0, 0.05) is 17.4 Å². The molecule has 164 valence electrons. The first-order valence-corrected chi connectivity index (χ1v) is 10.2. The lowest BCUT2D eigenvalue weighted by molar-refractivity contribution is -0.119. The number of nitrogens with two attached hydrogens (primary N) is 1. The Balaban J connectivity index is 1.69. The second kappa shape index (κ2) is 8.03. The van der Waals surface area contributed by atoms with Gasteiger partial charge in [-0.3, -0.25) is 19.3 Å². The molecule has 33 heavy (non-hydrogen) atoms. The highest BCUT2D eigenvalue weighted by Crippen LogP contribution is 2.40. The van der Waals surface area contributed by atoms with Gasteiger partial charge in [0.25, 0.3) is 11.8 Å². The first-order chi connectivity index (χ1) is 15.9. The lowest BCUT2D eigenvalue weighted by Gasteiger charge is -2.23. The van der Waals surface area contributed by atoms with Crippen molar-refractivity contribution in [1.82, 2.24) is 9.97 Å². The van der Waals surface area contributed by atoms with Gasteiger partial charge in [-0.25, -0.2) is 9.97 Å². The number of hydrogen-bond acceptors (Lipinski definition) is 7. The molecular weight excluding hydrogens is 448 g/mol. The van der Waals surface area contributed by atoms with Crippen molar-refractivity contribution in [1.29, 1.82) is 0 Å². The maximum Gasteiger partial charge on any atom is 0.297 e. The van der Waals surface area contributed by atoms with Crippen molar-refractivity contribution < 1.29 is 18.7 Å². The van der Waals surface area contributed by atoms with Crippen LogP contribution in [0.4, 0.5) is 5.95 Å². The van der Waals surface area contributed by atoms with E-state index in [2.05, 4.69) is 9.97 Å². The number of ether oxygens (including phenoxy) is 1. The molecule has 2 amide bonds. The van der Waals surface area contributed by atoms with Crippen molar-refractivity contribution in [3.05, 3.63) is 93.1 Å². The summed E-state index contributed by atoms with van der Waals surface area (Å²) < 4.78 is 11.2. The fourth-order valence-electron chi connectivity index (χ4n) is 3.78. The third kappa shape index (κ3) is 3.58. The van der Waals surface area contributed by atoms with Crippen LogP contribution in [0.3, 0.4) is 0 Å². The van der Waals surface area contributed by atoms with Crippen molar-refractivity contribution >= 4 is 40.3 Å². The molecule has 5 rings (SSSR count). The summed E-state index contributed by atoms with van der Waals surface area (Å²) in [6.07, 6.45) is 3.00. The topological polar surface area (TPSA) is 129 Å². The monoisotopic (exact) mass is 462 g/mol. The average Bonchev–Trinajstić information content (AvgIpc) is 3.11. The summed E-state index contributed by atoms with van der Waals surface area (Å²) in [5, 5.41) is 0.631. The van der Waals surface area contributed by atoms with Crippen molar-refractivity contribution in [3.63, 3.8) is 0 Å². The number of amides is 2. The van der Waals surface area contributed by atoms with E-state index in [4.69, 9.17) is 26.5 Å². The van der Waals surface area contributed by atoms with Gasteiger partial charge >= 0.3 is 0 Å². The molecule has 4 aromatic rings. The molecule has 10 heteroatoms. The predicted molar refractivity (Wildman–Crippen MR) is 119 cm³/mol. The summed E-state index contributed by atoms with van der Waals surface area (Å²) in [5.74, 6) is -0.702. The minimum atomic E-state index is -0.847. The third-order valence-corrected chi connectivity index (χ3v) is 5.41. The summed E-state index contributed by atoms with van der Waals surface area (Å²) in [6, 6.07) is 12.0. The van der Waals surface area contributed by atoms with Crippen LogP contribution in [0, 0.1) is 0 Å². The number of hydrogen-bond donors (Lipinski definition) is 1. The second-order valence-corrected chi connectivity index (χ2v) is 7.70. The highest BCUT2D eigenvalue weighted by atomic mass is 35.5. The maximum absolute atomic E-state index is 13.5. The standard InChI is InChI=1S/C23H15ClN4O5/c24-13-4-7-16-15(10-13)20(30)18-19(12-2-5-14(6-3-12)32-11-17(25)29)28(22(31)21(18)33-16)23-26-8-1-9-27-23/h1-10,19H,11H2,(H2,25,29). The van der Waals surface area contributed by atoms with Crippen LogP contribution in [-0.2, 0) is 4.79 Å². The Bertz CT molecular complexity index is 1450. The molecule has 2 aromatic carbocycles. The quantitative estimate of drug-likeness (QED) is 0.482. The van der Waals surface area contributed by atoms with E-state index in [1.54, 1.807) is 42.5 Å². The summed E-state index contributed by atoms with van der Waals surface area (Å²) in [4.78, 5) is 47.6. The van der Waals surface area contributed by atoms with Gasteiger partial charge in [-0.05, 0) is 42.0 Å². The van der Waals surface area contributed by atoms with Gasteiger partial charge in [-0.15, -0.1) is 0 Å². The van der Waals surface area contributed by atoms with E-state index in [-0.39, 0.29) is 40.3 Å². The number of halogens is 1. The van der Waals surface area contributed by atoms with E-state index in [1.807, 2.05) is 0 Å². The number of primary amides is 1. The number of benzene rings is 2. The summed E-state index contributed by atoms with van der Waals surface area (Å²) >= 11 is 6.09. The van der Waals surface area contributed by atoms with Gasteiger partial charge < -0.3 is 14.9 Å². The van der Waals surface area contributed by atoms with Crippen LogP contribution in [0.5, 0.6) is 5.75 Å². The zero-order valence-corrected chi connectivity index (χ0v) is 17.7. The van der Waals surface area contributed by atoms with Crippen molar-refractivity contribution in [2.24, 2.45) is 5.73 Å². The minimum absolute atomic E-state index is 0.0821. The van der Waals surface area contributed by atoms with E-state index < -0.39 is 17.9 Å². The van der Waals surface area contributed by atoms with Gasteiger partial charge in [0.15, 0.2) is 12.0 Å². The Morgan fingerprint density at radius 1 is 1.12 bits per heavy atom. The predicted octanol–water partition coefficient (Wildman–Crippen LogP) is 2.85. The van der Waals surface area contributed by atoms with Gasteiger partial charge in [-0.2, -0.15) is 0 Å². The first-order valence-electron chi connectivity index (χ1n) is 9.82. The molecule has 9 nitrogen and oxygen atoms in total. The normalized spacial score (nSPS) is 15.0. The van der Waals surface area contributed by atoms with E-state index >= 15 is 0 Å². The number of aromatic nitrogens is 2. The largest absolute Gasteiger partial charge is 0.484 e. The van der Waals surface area contributed by atoms with Crippen LogP contribution in [0.1, 0.15) is 27.7 Å². The fraction of sp³-hybridized carbons (Fsp3) is 0.0870. The SMILES string of the molecule is NC(=O)COc1ccc(C2c3c(oc4ccc(Cl)cc4c3=O)C(=O)N2c2ncccn2)cc1. The van der Waals surface area contributed by atoms with E-state index in [1.165, 1.54) is 23.4 Å². The molecule has 0 fully saturated rings. The van der Waals surface area contributed by atoms with Crippen LogP contribution in [0.2, 0.25) is 5.02 Å². The third-order valence-electron chi connectivity index (χ3n) is 5.18. The van der Waals surface area contributed by atoms with Gasteiger partial charge in [0.2, 0.25) is 11.7 Å². The smallest absolute Gasteiger partial charge is 0.297 e. The molecule has 1 aliphatic heterocycles. The molecule has 0 radical (unpaired) electrons. The highest BCUT2D eigenvalue weighted by Gasteiger charge is 2.44. The van der Waals surface area contributed by atoms with Gasteiger partial charge in [-0.1, -0.05) is 23.7 Å². The van der Waals surface area contributed by atoms with Crippen LogP contribution in [0.25, 0.3) is 11.0 Å². The molecule has 0 saturated carbocycles. The minimum Gasteiger partial charge on any atom is -0.484 e. The molecular formula is C23H15ClN4O5. The molecule has 0 aliphatic carbocycles. The molecule has 3 heterocycles. The van der Waals surface area contributed by atoms with Crippen LogP contribution in [-0.4, -0.2) is 28.4 Å². The van der Waals surface area contributed by atoms with Crippen LogP contribution < -0.4 is 20.8 Å². The molecule has 2 aromatic heterocycles. The van der Waals surface area contributed by atoms with Crippen molar-refractivity contribution in [2.75, 3.05) is 11.5 Å². The van der Waals surface area contributed by atoms with Crippen LogP contribution in [0.15, 0.2) is 70.1 Å².